The summed E-state index contributed by atoms with van der Waals surface area (Å²) in [7, 11) is 2.06. The number of carboxylic acid groups (broad SMARTS) is 4. The third kappa shape index (κ3) is 9.94. The zero-order valence-corrected chi connectivity index (χ0v) is 22.2. The second kappa shape index (κ2) is 15.0. The summed E-state index contributed by atoms with van der Waals surface area (Å²) in [6.45, 7) is 0. The summed E-state index contributed by atoms with van der Waals surface area (Å²) < 4.78 is 0. The minimum absolute atomic E-state index is 0.252. The molecule has 1 unspecified atom stereocenters. The molecule has 0 aliphatic heterocycles. The smallest absolute Gasteiger partial charge is 0.342 e. The molecule has 3 aromatic rings. The maximum absolute atomic E-state index is 11.1. The van der Waals surface area contributed by atoms with Crippen molar-refractivity contribution >= 4 is 56.8 Å². The largest absolute Gasteiger partial charge is 0.481 e. The van der Waals surface area contributed by atoms with Gasteiger partial charge in [-0.25, -0.2) is 9.59 Å². The molecule has 0 fully saturated rings. The van der Waals surface area contributed by atoms with Gasteiger partial charge in [-0.15, -0.1) is 0 Å². The molecule has 1 atom stereocenters. The van der Waals surface area contributed by atoms with Crippen molar-refractivity contribution in [1.82, 2.24) is 0 Å². The molecule has 0 bridgehead atoms. The zero-order chi connectivity index (χ0) is 30.7. The highest BCUT2D eigenvalue weighted by molar-refractivity contribution is 8.76. The molecule has 0 aliphatic rings. The van der Waals surface area contributed by atoms with E-state index in [1.165, 1.54) is 12.1 Å². The summed E-state index contributed by atoms with van der Waals surface area (Å²) in [4.78, 5) is 64.3. The van der Waals surface area contributed by atoms with Gasteiger partial charge >= 0.3 is 23.9 Å². The SMILES string of the molecule is O=C(O)CC(Cc1ccccc1)C(=O)O.O=C(O)c1cc(SSc2ccc([N+](=O)[O-])c(C(=O)O)c2)ccc1[N+](=O)[O-]. The Kier molecular flexibility index (Phi) is 11.8. The Morgan fingerprint density at radius 3 is 1.49 bits per heavy atom. The maximum Gasteiger partial charge on any atom is 0.342 e. The summed E-state index contributed by atoms with van der Waals surface area (Å²) in [5, 5.41) is 57.1. The van der Waals surface area contributed by atoms with Gasteiger partial charge in [-0.2, -0.15) is 0 Å². The summed E-state index contributed by atoms with van der Waals surface area (Å²) in [6.07, 6.45) is -0.0906. The first-order valence-corrected chi connectivity index (χ1v) is 13.3. The van der Waals surface area contributed by atoms with Gasteiger partial charge in [0.1, 0.15) is 11.1 Å². The number of carboxylic acids is 4. The minimum atomic E-state index is -1.45. The van der Waals surface area contributed by atoms with Gasteiger partial charge in [-0.05, 0) is 36.2 Å². The fourth-order valence-electron chi connectivity index (χ4n) is 3.25. The minimum Gasteiger partial charge on any atom is -0.481 e. The summed E-state index contributed by atoms with van der Waals surface area (Å²) in [5.74, 6) is -5.91. The summed E-state index contributed by atoms with van der Waals surface area (Å²) >= 11 is 0. The van der Waals surface area contributed by atoms with E-state index in [-0.39, 0.29) is 12.8 Å². The topological polar surface area (TPSA) is 235 Å². The van der Waals surface area contributed by atoms with E-state index >= 15 is 0 Å². The van der Waals surface area contributed by atoms with Gasteiger partial charge in [0.2, 0.25) is 0 Å². The highest BCUT2D eigenvalue weighted by atomic mass is 33.1. The van der Waals surface area contributed by atoms with Gasteiger partial charge in [0.15, 0.2) is 0 Å². The Bertz CT molecular complexity index is 1410. The van der Waals surface area contributed by atoms with Crippen LogP contribution in [0.3, 0.4) is 0 Å². The lowest BCUT2D eigenvalue weighted by atomic mass is 9.96. The number of nitro benzene ring substituents is 2. The van der Waals surface area contributed by atoms with Gasteiger partial charge < -0.3 is 20.4 Å². The second-order valence-corrected chi connectivity index (χ2v) is 10.2. The monoisotopic (exact) mass is 604 g/mol. The highest BCUT2D eigenvalue weighted by Gasteiger charge is 2.23. The van der Waals surface area contributed by atoms with Crippen molar-refractivity contribution in [2.75, 3.05) is 0 Å². The predicted octanol–water partition coefficient (Wildman–Crippen LogP) is 5.10. The molecule has 0 heterocycles. The van der Waals surface area contributed by atoms with Gasteiger partial charge in [0.05, 0.1) is 22.2 Å². The molecule has 0 saturated heterocycles. The maximum atomic E-state index is 11.1. The number of rotatable bonds is 12. The van der Waals surface area contributed by atoms with E-state index in [1.54, 1.807) is 24.3 Å². The standard InChI is InChI=1S/C14H8N2O8S2.C11H12O4/c17-13(18)9-5-7(1-3-11(9)15(21)22)25-26-8-2-4-12(16(23)24)10(6-8)14(19)20;12-10(13)7-9(11(14)15)6-8-4-2-1-3-5-8/h1-6H,(H,17,18)(H,19,20);1-5,9H,6-7H2,(H,12,13)(H,14,15). The Labute approximate surface area is 238 Å². The molecular weight excluding hydrogens is 584 g/mol. The third-order valence-corrected chi connectivity index (χ3v) is 7.50. The van der Waals surface area contributed by atoms with Gasteiger partial charge in [0, 0.05) is 21.9 Å². The lowest BCUT2D eigenvalue weighted by Crippen LogP contribution is -2.20. The number of carbonyl (C=O) groups is 4. The van der Waals surface area contributed by atoms with Crippen molar-refractivity contribution in [2.24, 2.45) is 5.92 Å². The van der Waals surface area contributed by atoms with Crippen LogP contribution >= 0.6 is 21.6 Å². The molecule has 16 heteroatoms. The molecular formula is C25H20N2O12S2. The van der Waals surface area contributed by atoms with Crippen LogP contribution in [0.25, 0.3) is 0 Å². The summed E-state index contributed by atoms with van der Waals surface area (Å²) in [5.41, 5.74) is -1.21. The van der Waals surface area contributed by atoms with Crippen molar-refractivity contribution in [2.45, 2.75) is 22.6 Å². The highest BCUT2D eigenvalue weighted by Crippen LogP contribution is 2.40. The Morgan fingerprint density at radius 1 is 0.707 bits per heavy atom. The van der Waals surface area contributed by atoms with Crippen molar-refractivity contribution in [3.05, 3.63) is 104 Å². The lowest BCUT2D eigenvalue weighted by molar-refractivity contribution is -0.385. The fourth-order valence-corrected chi connectivity index (χ4v) is 5.22. The van der Waals surface area contributed by atoms with Gasteiger partial charge in [0.25, 0.3) is 11.4 Å². The number of hydrogen-bond acceptors (Lipinski definition) is 10. The first-order chi connectivity index (χ1) is 19.3. The Balaban J connectivity index is 0.000000333. The van der Waals surface area contributed by atoms with Crippen molar-refractivity contribution < 1.29 is 49.5 Å². The van der Waals surface area contributed by atoms with Crippen LogP contribution in [0.15, 0.2) is 76.5 Å². The van der Waals surface area contributed by atoms with Crippen molar-refractivity contribution in [3.63, 3.8) is 0 Å². The molecule has 0 aliphatic carbocycles. The third-order valence-electron chi connectivity index (χ3n) is 5.12. The lowest BCUT2D eigenvalue weighted by Gasteiger charge is -2.09. The van der Waals surface area contributed by atoms with Crippen LogP contribution in [-0.4, -0.2) is 54.1 Å². The van der Waals surface area contributed by atoms with E-state index in [2.05, 4.69) is 0 Å². The predicted molar refractivity (Wildman–Crippen MR) is 145 cm³/mol. The first kappa shape index (κ1) is 32.3. The molecule has 4 N–H and O–H groups in total. The second-order valence-electron chi connectivity index (χ2n) is 7.97. The first-order valence-electron chi connectivity index (χ1n) is 11.2. The Morgan fingerprint density at radius 2 is 1.15 bits per heavy atom. The number of hydrogen-bond donors (Lipinski definition) is 4. The molecule has 0 spiro atoms. The molecule has 0 saturated carbocycles. The van der Waals surface area contributed by atoms with Crippen LogP contribution in [0.2, 0.25) is 0 Å². The van der Waals surface area contributed by atoms with Crippen LogP contribution in [0, 0.1) is 26.1 Å². The van der Waals surface area contributed by atoms with Crippen molar-refractivity contribution in [1.29, 1.82) is 0 Å². The van der Waals surface area contributed by atoms with E-state index < -0.39 is 62.1 Å². The quantitative estimate of drug-likeness (QED) is 0.119. The van der Waals surface area contributed by atoms with Crippen LogP contribution in [0.1, 0.15) is 32.7 Å². The van der Waals surface area contributed by atoms with E-state index in [0.29, 0.717) is 9.79 Å². The molecule has 3 aromatic carbocycles. The van der Waals surface area contributed by atoms with Crippen LogP contribution in [0.5, 0.6) is 0 Å². The normalized spacial score (nSPS) is 10.9. The average molecular weight is 605 g/mol. The fraction of sp³-hybridized carbons (Fsp3) is 0.120. The van der Waals surface area contributed by atoms with Crippen molar-refractivity contribution in [3.8, 4) is 0 Å². The number of nitro groups is 2. The number of aromatic carboxylic acids is 2. The van der Waals surface area contributed by atoms with Crippen LogP contribution < -0.4 is 0 Å². The molecule has 0 aromatic heterocycles. The molecule has 0 amide bonds. The average Bonchev–Trinajstić information content (AvgIpc) is 2.91. The van der Waals surface area contributed by atoms with E-state index in [4.69, 9.17) is 20.4 Å². The van der Waals surface area contributed by atoms with Crippen LogP contribution in [-0.2, 0) is 16.0 Å². The zero-order valence-electron chi connectivity index (χ0n) is 20.6. The Hall–Kier alpha value is -4.96. The number of nitrogens with zero attached hydrogens (tertiary/aromatic N) is 2. The van der Waals surface area contributed by atoms with E-state index in [9.17, 15) is 39.4 Å². The summed E-state index contributed by atoms with van der Waals surface area (Å²) in [6, 6.07) is 16.1. The molecule has 0 radical (unpaired) electrons. The molecule has 14 nitrogen and oxygen atoms in total. The number of benzene rings is 3. The van der Waals surface area contributed by atoms with E-state index in [1.807, 2.05) is 6.07 Å². The number of aliphatic carboxylic acids is 2. The molecule has 214 valence electrons. The van der Waals surface area contributed by atoms with Gasteiger partial charge in [-0.1, -0.05) is 51.9 Å². The van der Waals surface area contributed by atoms with E-state index in [0.717, 1.165) is 51.4 Å². The van der Waals surface area contributed by atoms with Crippen LogP contribution in [0.4, 0.5) is 11.4 Å². The molecule has 41 heavy (non-hydrogen) atoms. The molecule has 3 rings (SSSR count). The van der Waals surface area contributed by atoms with Gasteiger partial charge in [-0.3, -0.25) is 29.8 Å².